The predicted molar refractivity (Wildman–Crippen MR) is 74.2 cm³/mol. The van der Waals surface area contributed by atoms with Crippen LogP contribution < -0.4 is 0 Å². The number of thioether (sulfide) groups is 1. The largest absolute Gasteiger partial charge is 0.478 e. The van der Waals surface area contributed by atoms with Crippen LogP contribution in [0.3, 0.4) is 0 Å². The van der Waals surface area contributed by atoms with Gasteiger partial charge in [0, 0.05) is 11.8 Å². The first-order chi connectivity index (χ1) is 8.24. The van der Waals surface area contributed by atoms with Crippen molar-refractivity contribution in [1.29, 1.82) is 0 Å². The summed E-state index contributed by atoms with van der Waals surface area (Å²) in [6.45, 7) is 2.18. The van der Waals surface area contributed by atoms with Crippen LogP contribution in [-0.2, 0) is 10.5 Å². The Kier molecular flexibility index (Phi) is 6.48. The van der Waals surface area contributed by atoms with E-state index >= 15 is 0 Å². The van der Waals surface area contributed by atoms with E-state index in [1.54, 1.807) is 6.08 Å². The normalized spacial score (nSPS) is 10.9. The summed E-state index contributed by atoms with van der Waals surface area (Å²) in [5, 5.41) is 8.62. The molecule has 0 saturated heterocycles. The zero-order chi connectivity index (χ0) is 12.5. The minimum absolute atomic E-state index is 0.904. The van der Waals surface area contributed by atoms with E-state index in [1.807, 2.05) is 30.0 Å². The van der Waals surface area contributed by atoms with Crippen molar-refractivity contribution in [3.05, 3.63) is 41.5 Å². The smallest absolute Gasteiger partial charge is 0.328 e. The minimum Gasteiger partial charge on any atom is -0.478 e. The highest BCUT2D eigenvalue weighted by molar-refractivity contribution is 7.98. The summed E-state index contributed by atoms with van der Waals surface area (Å²) < 4.78 is 0. The van der Waals surface area contributed by atoms with Gasteiger partial charge in [0.25, 0.3) is 0 Å². The van der Waals surface area contributed by atoms with E-state index in [2.05, 4.69) is 13.0 Å². The number of hydrogen-bond donors (Lipinski definition) is 1. The van der Waals surface area contributed by atoms with Crippen LogP contribution in [0.1, 0.15) is 30.9 Å². The molecule has 0 saturated carbocycles. The SMILES string of the molecule is CCCCSCc1ccccc1C=CC(=O)O. The minimum atomic E-state index is -0.904. The maximum Gasteiger partial charge on any atom is 0.328 e. The summed E-state index contributed by atoms with van der Waals surface area (Å²) >= 11 is 1.90. The second-order valence-corrected chi connectivity index (χ2v) is 4.88. The summed E-state index contributed by atoms with van der Waals surface area (Å²) in [6, 6.07) is 7.94. The van der Waals surface area contributed by atoms with Crippen molar-refractivity contribution < 1.29 is 9.90 Å². The number of aliphatic carboxylic acids is 1. The molecule has 0 aliphatic rings. The molecule has 0 amide bonds. The second kappa shape index (κ2) is 7.96. The van der Waals surface area contributed by atoms with Crippen molar-refractivity contribution >= 4 is 23.8 Å². The van der Waals surface area contributed by atoms with Gasteiger partial charge >= 0.3 is 5.97 Å². The van der Waals surface area contributed by atoms with Gasteiger partial charge in [-0.15, -0.1) is 0 Å². The molecule has 0 radical (unpaired) electrons. The highest BCUT2D eigenvalue weighted by Crippen LogP contribution is 2.18. The fourth-order valence-corrected chi connectivity index (χ4v) is 2.54. The average molecular weight is 250 g/mol. The van der Waals surface area contributed by atoms with Crippen LogP contribution in [-0.4, -0.2) is 16.8 Å². The molecule has 0 aliphatic carbocycles. The van der Waals surface area contributed by atoms with Gasteiger partial charge in [-0.1, -0.05) is 37.6 Å². The van der Waals surface area contributed by atoms with Crippen LogP contribution in [0.2, 0.25) is 0 Å². The fraction of sp³-hybridized carbons (Fsp3) is 0.357. The molecule has 1 aromatic carbocycles. The molecule has 0 heterocycles. The fourth-order valence-electron chi connectivity index (χ4n) is 1.42. The van der Waals surface area contributed by atoms with Crippen molar-refractivity contribution in [2.45, 2.75) is 25.5 Å². The molecule has 1 rings (SSSR count). The van der Waals surface area contributed by atoms with E-state index in [1.165, 1.54) is 24.5 Å². The van der Waals surface area contributed by atoms with Crippen LogP contribution in [0.25, 0.3) is 6.08 Å². The van der Waals surface area contributed by atoms with E-state index in [0.29, 0.717) is 0 Å². The molecule has 1 aromatic rings. The van der Waals surface area contributed by atoms with E-state index in [-0.39, 0.29) is 0 Å². The molecule has 0 aromatic heterocycles. The van der Waals surface area contributed by atoms with Gasteiger partial charge in [-0.05, 0) is 29.4 Å². The lowest BCUT2D eigenvalue weighted by molar-refractivity contribution is -0.131. The van der Waals surface area contributed by atoms with Gasteiger partial charge in [0.1, 0.15) is 0 Å². The van der Waals surface area contributed by atoms with Crippen LogP contribution in [0, 0.1) is 0 Å². The number of unbranched alkanes of at least 4 members (excludes halogenated alkanes) is 1. The highest BCUT2D eigenvalue weighted by atomic mass is 32.2. The predicted octanol–water partition coefficient (Wildman–Crippen LogP) is 3.82. The summed E-state index contributed by atoms with van der Waals surface area (Å²) in [6.07, 6.45) is 5.30. The molecule has 1 N–H and O–H groups in total. The first kappa shape index (κ1) is 13.8. The highest BCUT2D eigenvalue weighted by Gasteiger charge is 1.99. The van der Waals surface area contributed by atoms with Gasteiger partial charge in [0.2, 0.25) is 0 Å². The molecule has 0 bridgehead atoms. The van der Waals surface area contributed by atoms with Crippen LogP contribution in [0.4, 0.5) is 0 Å². The number of rotatable bonds is 7. The standard InChI is InChI=1S/C14H18O2S/c1-2-3-10-17-11-13-7-5-4-6-12(13)8-9-14(15)16/h4-9H,2-3,10-11H2,1H3,(H,15,16). The molecule has 0 spiro atoms. The monoisotopic (exact) mass is 250 g/mol. The Labute approximate surface area is 107 Å². The number of carbonyl (C=O) groups is 1. The number of carboxylic acid groups (broad SMARTS) is 1. The van der Waals surface area contributed by atoms with Gasteiger partial charge in [-0.2, -0.15) is 11.8 Å². The van der Waals surface area contributed by atoms with E-state index in [9.17, 15) is 4.79 Å². The molecular weight excluding hydrogens is 232 g/mol. The molecular formula is C14H18O2S. The quantitative estimate of drug-likeness (QED) is 0.590. The van der Waals surface area contributed by atoms with Gasteiger partial charge in [0.05, 0.1) is 0 Å². The third-order valence-electron chi connectivity index (χ3n) is 2.36. The van der Waals surface area contributed by atoms with Crippen LogP contribution >= 0.6 is 11.8 Å². The first-order valence-corrected chi connectivity index (χ1v) is 6.96. The Hall–Kier alpha value is -1.22. The van der Waals surface area contributed by atoms with Crippen molar-refractivity contribution in [1.82, 2.24) is 0 Å². The average Bonchev–Trinajstić information content (AvgIpc) is 2.33. The van der Waals surface area contributed by atoms with Gasteiger partial charge in [-0.3, -0.25) is 0 Å². The number of hydrogen-bond acceptors (Lipinski definition) is 2. The molecule has 0 fully saturated rings. The van der Waals surface area contributed by atoms with Gasteiger partial charge in [0.15, 0.2) is 0 Å². The lowest BCUT2D eigenvalue weighted by atomic mass is 10.1. The molecule has 17 heavy (non-hydrogen) atoms. The number of benzene rings is 1. The molecule has 3 heteroatoms. The third-order valence-corrected chi connectivity index (χ3v) is 3.45. The van der Waals surface area contributed by atoms with Crippen LogP contribution in [0.5, 0.6) is 0 Å². The van der Waals surface area contributed by atoms with Crippen molar-refractivity contribution in [2.75, 3.05) is 5.75 Å². The van der Waals surface area contributed by atoms with Crippen molar-refractivity contribution in [3.63, 3.8) is 0 Å². The molecule has 0 unspecified atom stereocenters. The Morgan fingerprint density at radius 2 is 2.18 bits per heavy atom. The maximum atomic E-state index is 10.5. The maximum absolute atomic E-state index is 10.5. The zero-order valence-corrected chi connectivity index (χ0v) is 10.9. The Bertz CT molecular complexity index is 386. The first-order valence-electron chi connectivity index (χ1n) is 5.80. The molecule has 0 aliphatic heterocycles. The second-order valence-electron chi connectivity index (χ2n) is 3.78. The van der Waals surface area contributed by atoms with Crippen molar-refractivity contribution in [2.24, 2.45) is 0 Å². The third kappa shape index (κ3) is 5.59. The van der Waals surface area contributed by atoms with Crippen LogP contribution in [0.15, 0.2) is 30.3 Å². The number of carboxylic acids is 1. The van der Waals surface area contributed by atoms with Gasteiger partial charge in [-0.25, -0.2) is 4.79 Å². The topological polar surface area (TPSA) is 37.3 Å². The Morgan fingerprint density at radius 1 is 1.41 bits per heavy atom. The van der Waals surface area contributed by atoms with E-state index in [0.717, 1.165) is 17.1 Å². The Morgan fingerprint density at radius 3 is 2.88 bits per heavy atom. The Balaban J connectivity index is 2.61. The zero-order valence-electron chi connectivity index (χ0n) is 10.1. The van der Waals surface area contributed by atoms with Crippen molar-refractivity contribution in [3.8, 4) is 0 Å². The van der Waals surface area contributed by atoms with E-state index < -0.39 is 5.97 Å². The lowest BCUT2D eigenvalue weighted by Crippen LogP contribution is -1.90. The molecule has 0 atom stereocenters. The summed E-state index contributed by atoms with van der Waals surface area (Å²) in [4.78, 5) is 10.5. The summed E-state index contributed by atoms with van der Waals surface area (Å²) in [5.74, 6) is 1.20. The summed E-state index contributed by atoms with van der Waals surface area (Å²) in [7, 11) is 0. The van der Waals surface area contributed by atoms with Gasteiger partial charge < -0.3 is 5.11 Å². The van der Waals surface area contributed by atoms with E-state index in [4.69, 9.17) is 5.11 Å². The lowest BCUT2D eigenvalue weighted by Gasteiger charge is -2.05. The summed E-state index contributed by atoms with van der Waals surface area (Å²) in [5.41, 5.74) is 2.20. The molecule has 92 valence electrons. The molecule has 2 nitrogen and oxygen atoms in total.